The van der Waals surface area contributed by atoms with Crippen molar-refractivity contribution in [1.82, 2.24) is 9.55 Å². The Labute approximate surface area is 119 Å². The zero-order chi connectivity index (χ0) is 14.9. The molecule has 0 spiro atoms. The van der Waals surface area contributed by atoms with Gasteiger partial charge < -0.3 is 0 Å². The molecule has 9 heteroatoms. The van der Waals surface area contributed by atoms with Crippen molar-refractivity contribution in [2.75, 3.05) is 0 Å². The molecule has 1 N–H and O–H groups in total. The van der Waals surface area contributed by atoms with Crippen LogP contribution in [-0.2, 0) is 6.54 Å². The van der Waals surface area contributed by atoms with Crippen LogP contribution in [0.3, 0.4) is 0 Å². The summed E-state index contributed by atoms with van der Waals surface area (Å²) in [4.78, 5) is 34.4. The largest absolute Gasteiger partial charge is 0.350 e. The van der Waals surface area contributed by atoms with Gasteiger partial charge in [0.25, 0.3) is 0 Å². The lowest BCUT2D eigenvalue weighted by atomic mass is 10.2. The molecule has 0 atom stereocenters. The quantitative estimate of drug-likeness (QED) is 0.672. The lowest BCUT2D eigenvalue weighted by Gasteiger charge is -2.05. The molecule has 104 valence electrons. The predicted molar refractivity (Wildman–Crippen MR) is 71.2 cm³/mol. The summed E-state index contributed by atoms with van der Waals surface area (Å²) in [6, 6.07) is 3.99. The van der Waals surface area contributed by atoms with Gasteiger partial charge in [0.1, 0.15) is 5.82 Å². The second-order valence-corrected chi connectivity index (χ2v) is 4.85. The fraction of sp³-hybridized carbons (Fsp3) is 0.0909. The molecule has 0 bridgehead atoms. The number of hydrogen-bond acceptors (Lipinski definition) is 4. The van der Waals surface area contributed by atoms with Crippen LogP contribution in [0.5, 0.6) is 0 Å². The van der Waals surface area contributed by atoms with Crippen molar-refractivity contribution in [2.24, 2.45) is 0 Å². The maximum absolute atomic E-state index is 13.2. The average molecular weight is 344 g/mol. The van der Waals surface area contributed by atoms with E-state index in [0.717, 1.165) is 10.8 Å². The summed E-state index contributed by atoms with van der Waals surface area (Å²) >= 11 is 3.10. The maximum Gasteiger partial charge on any atom is 0.350 e. The number of nitrogens with zero attached hydrogens (tertiary/aromatic N) is 2. The molecule has 1 aromatic carbocycles. The van der Waals surface area contributed by atoms with Crippen LogP contribution < -0.4 is 11.2 Å². The van der Waals surface area contributed by atoms with E-state index in [9.17, 15) is 24.1 Å². The van der Waals surface area contributed by atoms with Crippen LogP contribution in [0.15, 0.2) is 38.5 Å². The second kappa shape index (κ2) is 5.37. The highest BCUT2D eigenvalue weighted by Gasteiger charge is 2.15. The monoisotopic (exact) mass is 343 g/mol. The van der Waals surface area contributed by atoms with Crippen LogP contribution in [0, 0.1) is 15.9 Å². The van der Waals surface area contributed by atoms with E-state index >= 15 is 0 Å². The molecule has 0 saturated heterocycles. The number of nitrogens with one attached hydrogen (secondary N) is 1. The van der Waals surface area contributed by atoms with Crippen LogP contribution in [0.25, 0.3) is 0 Å². The van der Waals surface area contributed by atoms with Crippen molar-refractivity contribution in [3.8, 4) is 0 Å². The molecule has 0 radical (unpaired) electrons. The molecule has 0 aliphatic carbocycles. The van der Waals surface area contributed by atoms with E-state index in [-0.39, 0.29) is 6.54 Å². The Morgan fingerprint density at radius 2 is 2.05 bits per heavy atom. The van der Waals surface area contributed by atoms with Crippen LogP contribution in [0.1, 0.15) is 5.56 Å². The summed E-state index contributed by atoms with van der Waals surface area (Å²) in [6.45, 7) is -0.104. The molecule has 0 unspecified atom stereocenters. The lowest BCUT2D eigenvalue weighted by molar-refractivity contribution is -0.386. The van der Waals surface area contributed by atoms with E-state index in [4.69, 9.17) is 0 Å². The smallest absolute Gasteiger partial charge is 0.289 e. The zero-order valence-corrected chi connectivity index (χ0v) is 11.4. The van der Waals surface area contributed by atoms with Crippen LogP contribution in [0.2, 0.25) is 0 Å². The molecule has 0 aliphatic rings. The standard InChI is InChI=1S/C11H7BrFN3O4/c12-7-1-6(2-8(13)3-7)4-15-5-9(16(19)20)10(17)14-11(15)18/h1-3,5H,4H2,(H,14,17,18). The molecule has 1 aromatic heterocycles. The maximum atomic E-state index is 13.2. The van der Waals surface area contributed by atoms with E-state index in [1.165, 1.54) is 12.1 Å². The van der Waals surface area contributed by atoms with Crippen LogP contribution in [0.4, 0.5) is 10.1 Å². The highest BCUT2D eigenvalue weighted by Crippen LogP contribution is 2.15. The van der Waals surface area contributed by atoms with Crippen molar-refractivity contribution in [1.29, 1.82) is 0 Å². The van der Waals surface area contributed by atoms with E-state index in [1.807, 2.05) is 4.98 Å². The first-order valence-electron chi connectivity index (χ1n) is 5.30. The first kappa shape index (κ1) is 14.1. The first-order chi connectivity index (χ1) is 9.36. The Hall–Kier alpha value is -2.29. The van der Waals surface area contributed by atoms with Gasteiger partial charge in [0.15, 0.2) is 0 Å². The van der Waals surface area contributed by atoms with Crippen molar-refractivity contribution in [2.45, 2.75) is 6.54 Å². The first-order valence-corrected chi connectivity index (χ1v) is 6.09. The highest BCUT2D eigenvalue weighted by molar-refractivity contribution is 9.10. The molecule has 0 amide bonds. The number of halogens is 2. The van der Waals surface area contributed by atoms with E-state index in [1.54, 1.807) is 6.07 Å². The molecular formula is C11H7BrFN3O4. The van der Waals surface area contributed by atoms with Crippen molar-refractivity contribution >= 4 is 21.6 Å². The summed E-state index contributed by atoms with van der Waals surface area (Å²) in [6.07, 6.45) is 0.833. The minimum Gasteiger partial charge on any atom is -0.289 e. The Balaban J connectivity index is 2.48. The predicted octanol–water partition coefficient (Wildman–Crippen LogP) is 1.39. The Morgan fingerprint density at radius 1 is 1.35 bits per heavy atom. The lowest BCUT2D eigenvalue weighted by Crippen LogP contribution is -2.31. The van der Waals surface area contributed by atoms with Gasteiger partial charge in [-0.3, -0.25) is 24.5 Å². The molecule has 0 fully saturated rings. The van der Waals surface area contributed by atoms with Gasteiger partial charge in [0.05, 0.1) is 17.7 Å². The van der Waals surface area contributed by atoms with Crippen molar-refractivity contribution in [3.63, 3.8) is 0 Å². The minimum atomic E-state index is -1.07. The zero-order valence-electron chi connectivity index (χ0n) is 9.80. The van der Waals surface area contributed by atoms with Gasteiger partial charge >= 0.3 is 16.9 Å². The van der Waals surface area contributed by atoms with Gasteiger partial charge in [-0.1, -0.05) is 15.9 Å². The van der Waals surface area contributed by atoms with Gasteiger partial charge in [0, 0.05) is 4.47 Å². The number of aromatic amines is 1. The van der Waals surface area contributed by atoms with Crippen molar-refractivity contribution in [3.05, 3.63) is 71.2 Å². The number of hydrogen-bond donors (Lipinski definition) is 1. The Bertz CT molecular complexity index is 779. The average Bonchev–Trinajstić information content (AvgIpc) is 2.30. The molecule has 7 nitrogen and oxygen atoms in total. The van der Waals surface area contributed by atoms with Crippen LogP contribution in [-0.4, -0.2) is 14.5 Å². The van der Waals surface area contributed by atoms with E-state index in [2.05, 4.69) is 15.9 Å². The normalized spacial score (nSPS) is 10.5. The Kier molecular flexibility index (Phi) is 3.79. The van der Waals surface area contributed by atoms with Gasteiger partial charge in [-0.05, 0) is 23.8 Å². The number of rotatable bonds is 3. The summed E-state index contributed by atoms with van der Waals surface area (Å²) in [5.41, 5.74) is -2.21. The summed E-state index contributed by atoms with van der Waals surface area (Å²) in [5.74, 6) is -0.513. The fourth-order valence-electron chi connectivity index (χ4n) is 1.64. The van der Waals surface area contributed by atoms with Gasteiger partial charge in [-0.15, -0.1) is 0 Å². The van der Waals surface area contributed by atoms with Gasteiger partial charge in [-0.25, -0.2) is 9.18 Å². The second-order valence-electron chi connectivity index (χ2n) is 3.94. The SMILES string of the molecule is O=c1[nH]c(=O)n(Cc2cc(F)cc(Br)c2)cc1[N+](=O)[O-]. The molecule has 0 saturated carbocycles. The molecule has 0 aliphatic heterocycles. The molecule has 2 rings (SSSR count). The fourth-order valence-corrected chi connectivity index (χ4v) is 2.16. The molecule has 20 heavy (non-hydrogen) atoms. The highest BCUT2D eigenvalue weighted by atomic mass is 79.9. The van der Waals surface area contributed by atoms with Crippen molar-refractivity contribution < 1.29 is 9.31 Å². The molecule has 1 heterocycles. The molecular weight excluding hydrogens is 337 g/mol. The van der Waals surface area contributed by atoms with Crippen LogP contribution >= 0.6 is 15.9 Å². The summed E-state index contributed by atoms with van der Waals surface area (Å²) in [7, 11) is 0. The summed E-state index contributed by atoms with van der Waals surface area (Å²) in [5, 5.41) is 10.6. The molecule has 2 aromatic rings. The third-order valence-corrected chi connectivity index (χ3v) is 2.92. The third-order valence-electron chi connectivity index (χ3n) is 2.46. The number of H-pyrrole nitrogens is 1. The van der Waals surface area contributed by atoms with E-state index in [0.29, 0.717) is 10.0 Å². The third kappa shape index (κ3) is 2.99. The number of nitro groups is 1. The van der Waals surface area contributed by atoms with Gasteiger partial charge in [-0.2, -0.15) is 0 Å². The topological polar surface area (TPSA) is 98.0 Å². The van der Waals surface area contributed by atoms with E-state index < -0.39 is 27.7 Å². The number of aromatic nitrogens is 2. The Morgan fingerprint density at radius 3 is 2.65 bits per heavy atom. The van der Waals surface area contributed by atoms with Gasteiger partial charge in [0.2, 0.25) is 0 Å². The minimum absolute atomic E-state index is 0.104. The number of benzene rings is 1. The summed E-state index contributed by atoms with van der Waals surface area (Å²) < 4.78 is 14.6.